The van der Waals surface area contributed by atoms with E-state index < -0.39 is 0 Å². The Morgan fingerprint density at radius 3 is 3.00 bits per heavy atom. The lowest BCUT2D eigenvalue weighted by atomic mass is 10.1. The molecule has 2 rings (SSSR count). The van der Waals surface area contributed by atoms with Crippen molar-refractivity contribution >= 4 is 23.1 Å². The van der Waals surface area contributed by atoms with Crippen LogP contribution >= 0.6 is 23.1 Å². The second-order valence-electron chi connectivity index (χ2n) is 3.22. The molecule has 0 aliphatic carbocycles. The number of hydrogen-bond acceptors (Lipinski definition) is 4. The Balaban J connectivity index is 2.28. The Labute approximate surface area is 97.5 Å². The Morgan fingerprint density at radius 2 is 2.33 bits per heavy atom. The lowest BCUT2D eigenvalue weighted by Gasteiger charge is -2.06. The summed E-state index contributed by atoms with van der Waals surface area (Å²) in [4.78, 5) is 5.46. The molecule has 4 heteroatoms. The van der Waals surface area contributed by atoms with E-state index in [1.807, 2.05) is 11.6 Å². The summed E-state index contributed by atoms with van der Waals surface area (Å²) in [5, 5.41) is 1.98. The number of aryl methyl sites for hydroxylation is 1. The van der Waals surface area contributed by atoms with E-state index in [1.54, 1.807) is 23.1 Å². The van der Waals surface area contributed by atoms with Crippen molar-refractivity contribution in [1.82, 2.24) is 4.98 Å². The zero-order valence-electron chi connectivity index (χ0n) is 8.43. The summed E-state index contributed by atoms with van der Waals surface area (Å²) >= 11 is 3.33. The fraction of sp³-hybridized carbons (Fsp3) is 0.182. The van der Waals surface area contributed by atoms with Crippen LogP contribution in [-0.4, -0.2) is 4.98 Å². The van der Waals surface area contributed by atoms with Crippen LogP contribution in [0.25, 0.3) is 0 Å². The Kier molecular flexibility index (Phi) is 3.41. The fourth-order valence-corrected chi connectivity index (χ4v) is 3.02. The van der Waals surface area contributed by atoms with Gasteiger partial charge in [0.2, 0.25) is 0 Å². The van der Waals surface area contributed by atoms with E-state index in [4.69, 9.17) is 5.73 Å². The van der Waals surface area contributed by atoms with Crippen molar-refractivity contribution < 1.29 is 0 Å². The predicted octanol–water partition coefficient (Wildman–Crippen LogP) is 3.06. The molecule has 2 nitrogen and oxygen atoms in total. The third-order valence-corrected chi connectivity index (χ3v) is 4.04. The van der Waals surface area contributed by atoms with Gasteiger partial charge in [-0.05, 0) is 18.6 Å². The van der Waals surface area contributed by atoms with Gasteiger partial charge in [0.25, 0.3) is 0 Å². The average molecular weight is 236 g/mol. The van der Waals surface area contributed by atoms with Gasteiger partial charge in [0.05, 0.1) is 0 Å². The molecule has 0 radical (unpaired) electrons. The number of benzene rings is 1. The third kappa shape index (κ3) is 2.59. The zero-order valence-corrected chi connectivity index (χ0v) is 10.1. The van der Waals surface area contributed by atoms with Crippen LogP contribution < -0.4 is 5.73 Å². The smallest absolute Gasteiger partial charge is 0.154 e. The molecule has 0 amide bonds. The van der Waals surface area contributed by atoms with Crippen molar-refractivity contribution in [1.29, 1.82) is 0 Å². The van der Waals surface area contributed by atoms with Crippen LogP contribution in [0.5, 0.6) is 0 Å². The summed E-state index contributed by atoms with van der Waals surface area (Å²) in [6, 6.07) is 6.36. The predicted molar refractivity (Wildman–Crippen MR) is 65.3 cm³/mol. The van der Waals surface area contributed by atoms with Gasteiger partial charge in [-0.2, -0.15) is 0 Å². The van der Waals surface area contributed by atoms with E-state index in [2.05, 4.69) is 30.1 Å². The molecule has 78 valence electrons. The summed E-state index contributed by atoms with van der Waals surface area (Å²) < 4.78 is 1.06. The number of thiazole rings is 1. The maximum atomic E-state index is 5.72. The highest BCUT2D eigenvalue weighted by molar-refractivity contribution is 8.01. The quantitative estimate of drug-likeness (QED) is 0.890. The molecule has 0 spiro atoms. The normalized spacial score (nSPS) is 10.5. The molecule has 0 atom stereocenters. The average Bonchev–Trinajstić information content (AvgIpc) is 2.73. The van der Waals surface area contributed by atoms with Crippen LogP contribution in [0.4, 0.5) is 0 Å². The van der Waals surface area contributed by atoms with E-state index in [0.29, 0.717) is 6.54 Å². The van der Waals surface area contributed by atoms with Crippen LogP contribution in [0.15, 0.2) is 39.0 Å². The fourth-order valence-electron chi connectivity index (χ4n) is 1.32. The lowest BCUT2D eigenvalue weighted by Crippen LogP contribution is -1.98. The molecular weight excluding hydrogens is 224 g/mol. The molecule has 1 aromatic carbocycles. The molecule has 0 saturated heterocycles. The number of hydrogen-bond donors (Lipinski definition) is 1. The number of nitrogens with two attached hydrogens (primary N) is 1. The van der Waals surface area contributed by atoms with E-state index in [1.165, 1.54) is 16.0 Å². The van der Waals surface area contributed by atoms with Crippen molar-refractivity contribution in [3.8, 4) is 0 Å². The molecule has 0 aliphatic rings. The van der Waals surface area contributed by atoms with Gasteiger partial charge in [0, 0.05) is 23.0 Å². The highest BCUT2D eigenvalue weighted by atomic mass is 32.2. The molecule has 0 saturated carbocycles. The minimum absolute atomic E-state index is 0.579. The van der Waals surface area contributed by atoms with E-state index in [9.17, 15) is 0 Å². The van der Waals surface area contributed by atoms with Crippen LogP contribution in [-0.2, 0) is 6.54 Å². The van der Waals surface area contributed by atoms with Gasteiger partial charge in [0.1, 0.15) is 0 Å². The summed E-state index contributed by atoms with van der Waals surface area (Å²) in [5.74, 6) is 0. The topological polar surface area (TPSA) is 38.9 Å². The van der Waals surface area contributed by atoms with Crippen LogP contribution in [0, 0.1) is 6.92 Å². The first-order chi connectivity index (χ1) is 7.29. The highest BCUT2D eigenvalue weighted by Gasteiger charge is 2.04. The standard InChI is InChI=1S/C11H12N2S2/c1-8-2-3-10(9(6-8)7-12)15-11-13-4-5-14-11/h2-6H,7,12H2,1H3. The molecule has 2 aromatic rings. The minimum atomic E-state index is 0.579. The molecule has 0 unspecified atom stereocenters. The van der Waals surface area contributed by atoms with Gasteiger partial charge < -0.3 is 5.73 Å². The van der Waals surface area contributed by atoms with Gasteiger partial charge in [-0.25, -0.2) is 4.98 Å². The van der Waals surface area contributed by atoms with Crippen molar-refractivity contribution in [3.05, 3.63) is 40.9 Å². The van der Waals surface area contributed by atoms with Gasteiger partial charge >= 0.3 is 0 Å². The molecule has 0 fully saturated rings. The molecule has 1 heterocycles. The second-order valence-corrected chi connectivity index (χ2v) is 5.40. The Hall–Kier alpha value is -0.840. The van der Waals surface area contributed by atoms with Crippen molar-refractivity contribution in [2.24, 2.45) is 5.73 Å². The Morgan fingerprint density at radius 1 is 1.47 bits per heavy atom. The van der Waals surface area contributed by atoms with Gasteiger partial charge in [0.15, 0.2) is 4.34 Å². The molecular formula is C11H12N2S2. The van der Waals surface area contributed by atoms with E-state index >= 15 is 0 Å². The minimum Gasteiger partial charge on any atom is -0.326 e. The van der Waals surface area contributed by atoms with Gasteiger partial charge in [-0.15, -0.1) is 11.3 Å². The van der Waals surface area contributed by atoms with Gasteiger partial charge in [-0.1, -0.05) is 29.5 Å². The molecule has 0 bridgehead atoms. The SMILES string of the molecule is Cc1ccc(Sc2nccs2)c(CN)c1. The second kappa shape index (κ2) is 4.79. The van der Waals surface area contributed by atoms with Crippen LogP contribution in [0.3, 0.4) is 0 Å². The lowest BCUT2D eigenvalue weighted by molar-refractivity contribution is 1.02. The summed E-state index contributed by atoms with van der Waals surface area (Å²) in [6.45, 7) is 2.66. The summed E-state index contributed by atoms with van der Waals surface area (Å²) in [7, 11) is 0. The van der Waals surface area contributed by atoms with Crippen LogP contribution in [0.2, 0.25) is 0 Å². The maximum absolute atomic E-state index is 5.72. The number of rotatable bonds is 3. The van der Waals surface area contributed by atoms with Gasteiger partial charge in [-0.3, -0.25) is 0 Å². The monoisotopic (exact) mass is 236 g/mol. The third-order valence-electron chi connectivity index (χ3n) is 2.04. The first-order valence-corrected chi connectivity index (χ1v) is 6.36. The first-order valence-electron chi connectivity index (χ1n) is 4.66. The first kappa shape index (κ1) is 10.7. The van der Waals surface area contributed by atoms with E-state index in [-0.39, 0.29) is 0 Å². The van der Waals surface area contributed by atoms with E-state index in [0.717, 1.165) is 4.34 Å². The zero-order chi connectivity index (χ0) is 10.7. The Bertz CT molecular complexity index is 438. The summed E-state index contributed by atoms with van der Waals surface area (Å²) in [5.41, 5.74) is 8.16. The highest BCUT2D eigenvalue weighted by Crippen LogP contribution is 2.31. The summed E-state index contributed by atoms with van der Waals surface area (Å²) in [6.07, 6.45) is 1.82. The molecule has 2 N–H and O–H groups in total. The van der Waals surface area contributed by atoms with Crippen molar-refractivity contribution in [2.45, 2.75) is 22.7 Å². The molecule has 1 aromatic heterocycles. The molecule has 0 aliphatic heterocycles. The van der Waals surface area contributed by atoms with Crippen LogP contribution in [0.1, 0.15) is 11.1 Å². The largest absolute Gasteiger partial charge is 0.326 e. The maximum Gasteiger partial charge on any atom is 0.154 e. The number of aromatic nitrogens is 1. The number of nitrogens with zero attached hydrogens (tertiary/aromatic N) is 1. The van der Waals surface area contributed by atoms with Crippen molar-refractivity contribution in [2.75, 3.05) is 0 Å². The van der Waals surface area contributed by atoms with Crippen molar-refractivity contribution in [3.63, 3.8) is 0 Å². The molecule has 15 heavy (non-hydrogen) atoms.